The van der Waals surface area contributed by atoms with Gasteiger partial charge in [0.1, 0.15) is 22.1 Å². The number of rotatable bonds is 6. The molecule has 10 heteroatoms. The van der Waals surface area contributed by atoms with E-state index in [1.165, 1.54) is 0 Å². The van der Waals surface area contributed by atoms with Crippen LogP contribution in [0.3, 0.4) is 0 Å². The Hall–Kier alpha value is -2.09. The number of hydrogen-bond acceptors (Lipinski definition) is 5. The Morgan fingerprint density at radius 2 is 1.93 bits per heavy atom. The van der Waals surface area contributed by atoms with Gasteiger partial charge in [0.05, 0.1) is 12.6 Å². The van der Waals surface area contributed by atoms with Crippen molar-refractivity contribution in [1.29, 1.82) is 5.26 Å². The number of nitrogens with one attached hydrogen (secondary N) is 1. The summed E-state index contributed by atoms with van der Waals surface area (Å²) in [7, 11) is -4.15. The van der Waals surface area contributed by atoms with Gasteiger partial charge in [-0.15, -0.1) is 0 Å². The molecule has 1 saturated carbocycles. The van der Waals surface area contributed by atoms with E-state index in [2.05, 4.69) is 11.4 Å². The Labute approximate surface area is 163 Å². The van der Waals surface area contributed by atoms with E-state index < -0.39 is 32.1 Å². The van der Waals surface area contributed by atoms with Gasteiger partial charge in [-0.3, -0.25) is 9.69 Å². The number of piperazine rings is 1. The van der Waals surface area contributed by atoms with Gasteiger partial charge in [-0.25, -0.2) is 17.2 Å². The smallest absolute Gasteiger partial charge is 0.246 e. The predicted molar refractivity (Wildman–Crippen MR) is 96.4 cm³/mol. The van der Waals surface area contributed by atoms with Crippen molar-refractivity contribution >= 4 is 15.9 Å². The first-order chi connectivity index (χ1) is 13.2. The summed E-state index contributed by atoms with van der Waals surface area (Å²) in [5, 5.41) is 12.1. The average Bonchev–Trinajstić information content (AvgIpc) is 3.49. The molecule has 7 nitrogen and oxygen atoms in total. The van der Waals surface area contributed by atoms with Crippen LogP contribution in [0.1, 0.15) is 19.8 Å². The van der Waals surface area contributed by atoms with E-state index >= 15 is 0 Å². The van der Waals surface area contributed by atoms with Gasteiger partial charge in [0, 0.05) is 26.2 Å². The Morgan fingerprint density at radius 1 is 1.29 bits per heavy atom. The van der Waals surface area contributed by atoms with Crippen LogP contribution in [0.2, 0.25) is 0 Å². The molecule has 1 aromatic carbocycles. The number of nitrogens with zero attached hydrogens (tertiary/aromatic N) is 3. The maximum Gasteiger partial charge on any atom is 0.246 e. The zero-order chi connectivity index (χ0) is 20.5. The van der Waals surface area contributed by atoms with Gasteiger partial charge < -0.3 is 5.32 Å². The first-order valence-electron chi connectivity index (χ1n) is 9.05. The molecule has 1 aliphatic carbocycles. The third-order valence-electron chi connectivity index (χ3n) is 5.23. The van der Waals surface area contributed by atoms with Gasteiger partial charge in [0.15, 0.2) is 0 Å². The van der Waals surface area contributed by atoms with Crippen LogP contribution < -0.4 is 5.32 Å². The second kappa shape index (κ2) is 7.73. The summed E-state index contributed by atoms with van der Waals surface area (Å²) < 4.78 is 53.5. The fourth-order valence-electron chi connectivity index (χ4n) is 3.36. The molecule has 0 spiro atoms. The van der Waals surface area contributed by atoms with Gasteiger partial charge in [-0.1, -0.05) is 0 Å². The number of hydrogen-bond donors (Lipinski definition) is 1. The fraction of sp³-hybridized carbons (Fsp3) is 0.556. The van der Waals surface area contributed by atoms with Crippen molar-refractivity contribution in [2.45, 2.75) is 30.2 Å². The van der Waals surface area contributed by atoms with Crippen LogP contribution in [-0.2, 0) is 14.8 Å². The first kappa shape index (κ1) is 20.6. The van der Waals surface area contributed by atoms with Crippen molar-refractivity contribution in [1.82, 2.24) is 14.5 Å². The number of carbonyl (C=O) groups is 1. The standard InChI is InChI=1S/C18H22F2N4O3S/c1-18(12-21,13-2-3-13)22-17(25)11-23-6-8-24(9-7-23)28(26,27)16-10-14(19)4-5-15(16)20/h4-5,10,13H,2-3,6-9,11H2,1H3,(H,22,25)/t18-/m1/s1. The highest BCUT2D eigenvalue weighted by molar-refractivity contribution is 7.89. The van der Waals surface area contributed by atoms with Crippen LogP contribution in [0, 0.1) is 28.9 Å². The summed E-state index contributed by atoms with van der Waals surface area (Å²) in [4.78, 5) is 13.4. The summed E-state index contributed by atoms with van der Waals surface area (Å²) >= 11 is 0. The van der Waals surface area contributed by atoms with Crippen LogP contribution in [0.5, 0.6) is 0 Å². The highest BCUT2D eigenvalue weighted by Gasteiger charge is 2.43. The molecular weight excluding hydrogens is 390 g/mol. The van der Waals surface area contributed by atoms with Crippen LogP contribution in [0.4, 0.5) is 8.78 Å². The number of nitriles is 1. The lowest BCUT2D eigenvalue weighted by Crippen LogP contribution is -2.54. The minimum Gasteiger partial charge on any atom is -0.337 e. The molecule has 152 valence electrons. The van der Waals surface area contributed by atoms with Crippen LogP contribution in [0.25, 0.3) is 0 Å². The number of halogens is 2. The molecule has 2 aliphatic rings. The second-order valence-electron chi connectivity index (χ2n) is 7.39. The molecule has 1 N–H and O–H groups in total. The van der Waals surface area contributed by atoms with Gasteiger partial charge in [-0.05, 0) is 43.9 Å². The van der Waals surface area contributed by atoms with Crippen molar-refractivity contribution in [2.24, 2.45) is 5.92 Å². The highest BCUT2D eigenvalue weighted by atomic mass is 32.2. The van der Waals surface area contributed by atoms with Gasteiger partial charge in [0.2, 0.25) is 15.9 Å². The van der Waals surface area contributed by atoms with Crippen molar-refractivity contribution < 1.29 is 22.0 Å². The lowest BCUT2D eigenvalue weighted by Gasteiger charge is -2.34. The minimum atomic E-state index is -4.15. The summed E-state index contributed by atoms with van der Waals surface area (Å²) in [5.41, 5.74) is -0.878. The number of sulfonamides is 1. The summed E-state index contributed by atoms with van der Waals surface area (Å²) in [6.07, 6.45) is 1.83. The predicted octanol–water partition coefficient (Wildman–Crippen LogP) is 1.08. The molecule has 1 aromatic rings. The van der Waals surface area contributed by atoms with Crippen molar-refractivity contribution in [3.8, 4) is 6.07 Å². The van der Waals surface area contributed by atoms with E-state index in [9.17, 15) is 27.3 Å². The monoisotopic (exact) mass is 412 g/mol. The molecule has 1 heterocycles. The van der Waals surface area contributed by atoms with Crippen LogP contribution in [-0.4, -0.2) is 61.8 Å². The minimum absolute atomic E-state index is 0.0478. The zero-order valence-corrected chi connectivity index (χ0v) is 16.3. The molecule has 1 saturated heterocycles. The number of amides is 1. The molecule has 28 heavy (non-hydrogen) atoms. The van der Waals surface area contributed by atoms with Crippen LogP contribution in [0.15, 0.2) is 23.1 Å². The molecule has 1 amide bonds. The summed E-state index contributed by atoms with van der Waals surface area (Å²) in [6.45, 7) is 2.42. The summed E-state index contributed by atoms with van der Waals surface area (Å²) in [5.74, 6) is -1.95. The SMILES string of the molecule is C[C@](C#N)(NC(=O)CN1CCN(S(=O)(=O)c2cc(F)ccc2F)CC1)C1CC1. The topological polar surface area (TPSA) is 93.5 Å². The van der Waals surface area contributed by atoms with Crippen LogP contribution >= 0.6 is 0 Å². The van der Waals surface area contributed by atoms with E-state index in [0.717, 1.165) is 29.3 Å². The van der Waals surface area contributed by atoms with Crippen molar-refractivity contribution in [2.75, 3.05) is 32.7 Å². The molecular formula is C18H22F2N4O3S. The van der Waals surface area contributed by atoms with Crippen molar-refractivity contribution in [3.05, 3.63) is 29.8 Å². The Kier molecular flexibility index (Phi) is 5.70. The molecule has 0 radical (unpaired) electrons. The Morgan fingerprint density at radius 3 is 2.50 bits per heavy atom. The van der Waals surface area contributed by atoms with E-state index in [4.69, 9.17) is 0 Å². The Bertz CT molecular complexity index is 906. The quantitative estimate of drug-likeness (QED) is 0.755. The van der Waals surface area contributed by atoms with E-state index in [0.29, 0.717) is 6.07 Å². The van der Waals surface area contributed by atoms with Gasteiger partial charge >= 0.3 is 0 Å². The lowest BCUT2D eigenvalue weighted by atomic mass is 9.98. The maximum atomic E-state index is 13.9. The molecule has 0 aromatic heterocycles. The molecule has 2 fully saturated rings. The molecule has 1 aliphatic heterocycles. The zero-order valence-electron chi connectivity index (χ0n) is 15.5. The van der Waals surface area contributed by atoms with E-state index in [1.54, 1.807) is 11.8 Å². The van der Waals surface area contributed by atoms with Gasteiger partial charge in [-0.2, -0.15) is 9.57 Å². The van der Waals surface area contributed by atoms with E-state index in [1.807, 2.05) is 0 Å². The third kappa shape index (κ3) is 4.32. The fourth-order valence-corrected chi connectivity index (χ4v) is 4.85. The number of carbonyl (C=O) groups excluding carboxylic acids is 1. The highest BCUT2D eigenvalue weighted by Crippen LogP contribution is 2.39. The molecule has 0 unspecified atom stereocenters. The third-order valence-corrected chi connectivity index (χ3v) is 7.15. The van der Waals surface area contributed by atoms with Gasteiger partial charge in [0.25, 0.3) is 0 Å². The normalized spacial score (nSPS) is 20.9. The van der Waals surface area contributed by atoms with E-state index in [-0.39, 0.29) is 44.5 Å². The molecule has 3 rings (SSSR count). The second-order valence-corrected chi connectivity index (χ2v) is 9.30. The first-order valence-corrected chi connectivity index (χ1v) is 10.5. The summed E-state index contributed by atoms with van der Waals surface area (Å²) in [6, 6.07) is 4.48. The largest absolute Gasteiger partial charge is 0.337 e. The maximum absolute atomic E-state index is 13.9. The average molecular weight is 412 g/mol. The number of benzene rings is 1. The molecule has 1 atom stereocenters. The van der Waals surface area contributed by atoms with Crippen molar-refractivity contribution in [3.63, 3.8) is 0 Å². The lowest BCUT2D eigenvalue weighted by molar-refractivity contribution is -0.123. The Balaban J connectivity index is 1.58. The molecule has 0 bridgehead atoms.